The summed E-state index contributed by atoms with van der Waals surface area (Å²) in [7, 11) is -3.66. The van der Waals surface area contributed by atoms with Crippen molar-refractivity contribution in [1.82, 2.24) is 19.2 Å². The Balaban J connectivity index is 1.49. The van der Waals surface area contributed by atoms with Crippen LogP contribution < -0.4 is 5.56 Å². The van der Waals surface area contributed by atoms with Crippen LogP contribution in [0, 0.1) is 0 Å². The summed E-state index contributed by atoms with van der Waals surface area (Å²) in [5, 5.41) is 0. The van der Waals surface area contributed by atoms with Gasteiger partial charge in [0.05, 0.1) is 16.6 Å². The molecule has 1 fully saturated rings. The van der Waals surface area contributed by atoms with Crippen LogP contribution in [0.2, 0.25) is 0 Å². The average molecular weight is 443 g/mol. The number of aromatic nitrogens is 2. The second-order valence-corrected chi connectivity index (χ2v) is 11.1. The van der Waals surface area contributed by atoms with E-state index in [2.05, 4.69) is 23.7 Å². The summed E-state index contributed by atoms with van der Waals surface area (Å²) >= 11 is 0. The number of sulfonamides is 1. The molecule has 0 spiro atoms. The Hall–Kier alpha value is -2.03. The van der Waals surface area contributed by atoms with E-state index in [-0.39, 0.29) is 5.56 Å². The van der Waals surface area contributed by atoms with Crippen molar-refractivity contribution in [2.24, 2.45) is 0 Å². The van der Waals surface area contributed by atoms with Gasteiger partial charge < -0.3 is 4.98 Å². The number of fused-ring (bicyclic) bond motifs is 2. The van der Waals surface area contributed by atoms with Crippen LogP contribution >= 0.6 is 0 Å². The smallest absolute Gasteiger partial charge is 0.254 e. The van der Waals surface area contributed by atoms with Crippen molar-refractivity contribution >= 4 is 10.0 Å². The molecule has 3 heterocycles. The summed E-state index contributed by atoms with van der Waals surface area (Å²) in [6, 6.07) is 5.49. The fourth-order valence-electron chi connectivity index (χ4n) is 5.22. The van der Waals surface area contributed by atoms with Crippen molar-refractivity contribution in [2.75, 3.05) is 13.1 Å². The molecule has 0 radical (unpaired) electrons. The summed E-state index contributed by atoms with van der Waals surface area (Å²) in [5.74, 6) is 0.483. The normalized spacial score (nSPS) is 22.1. The highest BCUT2D eigenvalue weighted by Crippen LogP contribution is 2.36. The summed E-state index contributed by atoms with van der Waals surface area (Å²) in [6.45, 7) is 6.20. The van der Waals surface area contributed by atoms with Gasteiger partial charge in [0.1, 0.15) is 5.82 Å². The van der Waals surface area contributed by atoms with Gasteiger partial charge in [-0.1, -0.05) is 6.07 Å². The predicted molar refractivity (Wildman–Crippen MR) is 118 cm³/mol. The lowest BCUT2D eigenvalue weighted by Gasteiger charge is -2.31. The van der Waals surface area contributed by atoms with Gasteiger partial charge >= 0.3 is 0 Å². The summed E-state index contributed by atoms with van der Waals surface area (Å²) < 4.78 is 28.6. The Kier molecular flexibility index (Phi) is 5.27. The number of aryl methyl sites for hydroxylation is 2. The van der Waals surface area contributed by atoms with Crippen LogP contribution in [-0.4, -0.2) is 46.7 Å². The van der Waals surface area contributed by atoms with Gasteiger partial charge in [0, 0.05) is 31.2 Å². The lowest BCUT2D eigenvalue weighted by Crippen LogP contribution is -2.40. The average Bonchev–Trinajstić information content (AvgIpc) is 3.42. The van der Waals surface area contributed by atoms with Gasteiger partial charge in [0.25, 0.3) is 5.56 Å². The lowest BCUT2D eigenvalue weighted by molar-refractivity contribution is 0.198. The minimum absolute atomic E-state index is 0.120. The van der Waals surface area contributed by atoms with E-state index < -0.39 is 16.1 Å². The Morgan fingerprint density at radius 1 is 1.10 bits per heavy atom. The molecule has 1 atom stereocenters. The fraction of sp³-hybridized carbons (Fsp3) is 0.565. The minimum atomic E-state index is -3.66. The van der Waals surface area contributed by atoms with Gasteiger partial charge in [0.15, 0.2) is 0 Å². The van der Waals surface area contributed by atoms with Gasteiger partial charge in [-0.3, -0.25) is 9.69 Å². The van der Waals surface area contributed by atoms with Crippen molar-refractivity contribution in [1.29, 1.82) is 0 Å². The molecule has 2 aromatic rings. The maximum Gasteiger partial charge on any atom is 0.254 e. The highest BCUT2D eigenvalue weighted by atomic mass is 32.2. The number of rotatable bonds is 4. The lowest BCUT2D eigenvalue weighted by atomic mass is 10.0. The zero-order chi connectivity index (χ0) is 21.8. The first-order valence-corrected chi connectivity index (χ1v) is 12.8. The van der Waals surface area contributed by atoms with Gasteiger partial charge in [-0.2, -0.15) is 4.31 Å². The van der Waals surface area contributed by atoms with Crippen LogP contribution in [0.5, 0.6) is 0 Å². The first kappa shape index (κ1) is 20.8. The van der Waals surface area contributed by atoms with E-state index in [1.54, 1.807) is 6.07 Å². The molecule has 8 heteroatoms. The molecule has 166 valence electrons. The summed E-state index contributed by atoms with van der Waals surface area (Å²) in [5.41, 5.74) is 3.82. The molecule has 2 aliphatic heterocycles. The molecule has 1 saturated heterocycles. The zero-order valence-electron chi connectivity index (χ0n) is 18.2. The van der Waals surface area contributed by atoms with Crippen molar-refractivity contribution in [3.63, 3.8) is 0 Å². The Morgan fingerprint density at radius 3 is 2.71 bits per heavy atom. The maximum atomic E-state index is 13.5. The first-order valence-electron chi connectivity index (χ1n) is 11.3. The Bertz CT molecular complexity index is 1170. The standard InChI is InChI=1S/C23H30N4O3S/c1-15(2)26-12-10-19-20(14-26)24-22(25-23(19)28)21-7-4-11-27(21)31(29,30)18-9-8-16-5-3-6-17(16)13-18/h8-9,13,15,21H,3-7,10-12,14H2,1-2H3,(H,24,25,28)/t21-/m0/s1. The summed E-state index contributed by atoms with van der Waals surface area (Å²) in [6.07, 6.45) is 5.15. The van der Waals surface area contributed by atoms with Gasteiger partial charge in [-0.05, 0) is 75.6 Å². The SMILES string of the molecule is CC(C)N1CCc2c(nc([C@@H]3CCCN3S(=O)(=O)c3ccc4c(c3)CCC4)[nH]c2=O)C1. The van der Waals surface area contributed by atoms with E-state index in [1.807, 2.05) is 12.1 Å². The van der Waals surface area contributed by atoms with Crippen molar-refractivity contribution in [2.45, 2.75) is 75.9 Å². The monoisotopic (exact) mass is 442 g/mol. The molecular formula is C23H30N4O3S. The molecule has 3 aliphatic rings. The first-order chi connectivity index (χ1) is 14.8. The molecular weight excluding hydrogens is 412 g/mol. The van der Waals surface area contributed by atoms with Crippen LogP contribution in [0.3, 0.4) is 0 Å². The molecule has 0 saturated carbocycles. The molecule has 1 aromatic heterocycles. The third-order valence-electron chi connectivity index (χ3n) is 7.05. The van der Waals surface area contributed by atoms with E-state index in [0.29, 0.717) is 42.7 Å². The van der Waals surface area contributed by atoms with E-state index in [9.17, 15) is 13.2 Å². The molecule has 5 rings (SSSR count). The second kappa shape index (κ2) is 7.83. The molecule has 0 unspecified atom stereocenters. The van der Waals surface area contributed by atoms with E-state index >= 15 is 0 Å². The van der Waals surface area contributed by atoms with Crippen LogP contribution in [0.1, 0.15) is 67.4 Å². The number of nitrogens with one attached hydrogen (secondary N) is 1. The predicted octanol–water partition coefficient (Wildman–Crippen LogP) is 2.55. The number of aromatic amines is 1. The Labute approximate surface area is 183 Å². The van der Waals surface area contributed by atoms with Crippen molar-refractivity contribution in [3.05, 3.63) is 56.8 Å². The highest BCUT2D eigenvalue weighted by Gasteiger charge is 2.38. The summed E-state index contributed by atoms with van der Waals surface area (Å²) in [4.78, 5) is 23.2. The van der Waals surface area contributed by atoms with Crippen molar-refractivity contribution < 1.29 is 8.42 Å². The largest absolute Gasteiger partial charge is 0.309 e. The van der Waals surface area contributed by atoms with Crippen LogP contribution in [0.25, 0.3) is 0 Å². The third kappa shape index (κ3) is 3.64. The molecule has 0 amide bonds. The van der Waals surface area contributed by atoms with Crippen LogP contribution in [-0.2, 0) is 35.8 Å². The third-order valence-corrected chi connectivity index (χ3v) is 8.95. The van der Waals surface area contributed by atoms with Gasteiger partial charge in [-0.15, -0.1) is 0 Å². The topological polar surface area (TPSA) is 86.4 Å². The molecule has 1 N–H and O–H groups in total. The highest BCUT2D eigenvalue weighted by molar-refractivity contribution is 7.89. The molecule has 1 aromatic carbocycles. The van der Waals surface area contributed by atoms with Gasteiger partial charge in [0.2, 0.25) is 10.0 Å². The van der Waals surface area contributed by atoms with Crippen LogP contribution in [0.4, 0.5) is 0 Å². The molecule has 0 bridgehead atoms. The van der Waals surface area contributed by atoms with E-state index in [0.717, 1.165) is 49.0 Å². The number of hydrogen-bond acceptors (Lipinski definition) is 5. The van der Waals surface area contributed by atoms with E-state index in [1.165, 1.54) is 9.87 Å². The molecule has 7 nitrogen and oxygen atoms in total. The number of H-pyrrole nitrogens is 1. The van der Waals surface area contributed by atoms with Crippen LogP contribution in [0.15, 0.2) is 27.9 Å². The number of hydrogen-bond donors (Lipinski definition) is 1. The molecule has 31 heavy (non-hydrogen) atoms. The maximum absolute atomic E-state index is 13.5. The zero-order valence-corrected chi connectivity index (χ0v) is 19.0. The number of benzene rings is 1. The molecule has 1 aliphatic carbocycles. The number of nitrogens with zero attached hydrogens (tertiary/aromatic N) is 3. The van der Waals surface area contributed by atoms with Crippen molar-refractivity contribution in [3.8, 4) is 0 Å². The Morgan fingerprint density at radius 2 is 1.90 bits per heavy atom. The quantitative estimate of drug-likeness (QED) is 0.786. The van der Waals surface area contributed by atoms with Gasteiger partial charge in [-0.25, -0.2) is 13.4 Å². The fourth-order valence-corrected chi connectivity index (χ4v) is 6.93. The minimum Gasteiger partial charge on any atom is -0.309 e. The second-order valence-electron chi connectivity index (χ2n) is 9.25. The van der Waals surface area contributed by atoms with E-state index in [4.69, 9.17) is 4.98 Å².